The normalized spacial score (nSPS) is 10.2. The van der Waals surface area contributed by atoms with Gasteiger partial charge in [-0.1, -0.05) is 13.2 Å². The van der Waals surface area contributed by atoms with Gasteiger partial charge in [0, 0.05) is 0 Å². The Balaban J connectivity index is 0. The van der Waals surface area contributed by atoms with Crippen LogP contribution in [0.4, 0.5) is 22.0 Å². The van der Waals surface area contributed by atoms with Gasteiger partial charge in [0.15, 0.2) is 0 Å². The molecule has 0 aromatic carbocycles. The van der Waals surface area contributed by atoms with E-state index in [1.165, 1.54) is 0 Å². The van der Waals surface area contributed by atoms with Crippen molar-refractivity contribution in [2.75, 3.05) is 0 Å². The monoisotopic (exact) mass is 202 g/mol. The first kappa shape index (κ1) is 14.2. The highest BCUT2D eigenvalue weighted by atomic mass is 19.3. The molecule has 1 unspecified atom stereocenters. The van der Waals surface area contributed by atoms with Gasteiger partial charge in [-0.05, 0) is 6.08 Å². The van der Waals surface area contributed by atoms with E-state index < -0.39 is 18.5 Å². The van der Waals surface area contributed by atoms with E-state index >= 15 is 0 Å². The molecule has 0 aromatic rings. The van der Waals surface area contributed by atoms with Gasteiger partial charge in [0.1, 0.15) is 0 Å². The molecule has 0 radical (unpaired) electrons. The molecule has 0 aliphatic carbocycles. The van der Waals surface area contributed by atoms with Crippen LogP contribution in [0.5, 0.6) is 0 Å². The van der Waals surface area contributed by atoms with E-state index in [1.54, 1.807) is 0 Å². The third kappa shape index (κ3) is 13.6. The Hall–Kier alpha value is -1.33. The fourth-order valence-electron chi connectivity index (χ4n) is 0.147. The molecule has 0 aromatic heterocycles. The van der Waals surface area contributed by atoms with Crippen LogP contribution in [0, 0.1) is 0 Å². The minimum Gasteiger partial charge on any atom is -0.465 e. The molecule has 0 amide bonds. The molecule has 1 nitrogen and oxygen atoms in total. The van der Waals surface area contributed by atoms with Gasteiger partial charge in [-0.3, -0.25) is 0 Å². The summed E-state index contributed by atoms with van der Waals surface area (Å²) in [5.74, 6) is 0. The molecule has 1 atom stereocenters. The SMILES string of the molecule is C=COC(F)C=C.FC(F)=C(F)F. The number of alkyl halides is 1. The van der Waals surface area contributed by atoms with Crippen LogP contribution in [-0.2, 0) is 4.74 Å². The van der Waals surface area contributed by atoms with E-state index in [0.717, 1.165) is 12.3 Å². The van der Waals surface area contributed by atoms with Gasteiger partial charge < -0.3 is 4.74 Å². The van der Waals surface area contributed by atoms with E-state index in [9.17, 15) is 22.0 Å². The third-order valence-electron chi connectivity index (χ3n) is 0.554. The Kier molecular flexibility index (Phi) is 9.58. The van der Waals surface area contributed by atoms with E-state index in [2.05, 4.69) is 17.9 Å². The molecule has 0 rings (SSSR count). The molecule has 0 heterocycles. The topological polar surface area (TPSA) is 9.23 Å². The summed E-state index contributed by atoms with van der Waals surface area (Å²) < 4.78 is 57.0. The van der Waals surface area contributed by atoms with Crippen LogP contribution in [-0.4, -0.2) is 6.36 Å². The lowest BCUT2D eigenvalue weighted by molar-refractivity contribution is 0.0684. The lowest BCUT2D eigenvalue weighted by Gasteiger charge is -1.97. The standard InChI is InChI=1S/C5H7FO.C2F4/c1-3-5(6)7-4-2;3-1(4)2(5)6/h3-5H,1-2H2;. The van der Waals surface area contributed by atoms with Crippen LogP contribution in [0.2, 0.25) is 0 Å². The Bertz CT molecular complexity index is 171. The first-order valence-corrected chi connectivity index (χ1v) is 2.85. The first-order valence-electron chi connectivity index (χ1n) is 2.85. The molecule has 0 saturated heterocycles. The maximum atomic E-state index is 11.7. The smallest absolute Gasteiger partial charge is 0.334 e. The van der Waals surface area contributed by atoms with Crippen LogP contribution < -0.4 is 0 Å². The van der Waals surface area contributed by atoms with Gasteiger partial charge in [0.2, 0.25) is 0 Å². The predicted molar refractivity (Wildman–Crippen MR) is 37.8 cm³/mol. The van der Waals surface area contributed by atoms with Crippen molar-refractivity contribution in [3.63, 3.8) is 0 Å². The van der Waals surface area contributed by atoms with Gasteiger partial charge in [-0.15, -0.1) is 0 Å². The Morgan fingerprint density at radius 2 is 1.46 bits per heavy atom. The van der Waals surface area contributed by atoms with Crippen LogP contribution >= 0.6 is 0 Å². The summed E-state index contributed by atoms with van der Waals surface area (Å²) in [4.78, 5) is 0. The van der Waals surface area contributed by atoms with E-state index in [1.807, 2.05) is 0 Å². The molecule has 0 bridgehead atoms. The van der Waals surface area contributed by atoms with E-state index in [4.69, 9.17) is 0 Å². The molecule has 13 heavy (non-hydrogen) atoms. The second kappa shape index (κ2) is 8.76. The number of halogens is 5. The summed E-state index contributed by atoms with van der Waals surface area (Å²) in [6.45, 7) is 6.27. The number of ether oxygens (including phenoxy) is 1. The van der Waals surface area contributed by atoms with Gasteiger partial charge >= 0.3 is 12.2 Å². The molecule has 76 valence electrons. The molecule has 0 N–H and O–H groups in total. The average Bonchev–Trinajstić information content (AvgIpc) is 2.05. The van der Waals surface area contributed by atoms with Crippen molar-refractivity contribution in [2.24, 2.45) is 0 Å². The van der Waals surface area contributed by atoms with Crippen LogP contribution in [0.15, 0.2) is 37.7 Å². The fraction of sp³-hybridized carbons (Fsp3) is 0.143. The van der Waals surface area contributed by atoms with Gasteiger partial charge in [-0.2, -0.15) is 22.0 Å². The minimum atomic E-state index is -2.91. The zero-order valence-corrected chi connectivity index (χ0v) is 6.44. The van der Waals surface area contributed by atoms with Crippen molar-refractivity contribution in [3.8, 4) is 0 Å². The predicted octanol–water partition coefficient (Wildman–Crippen LogP) is 3.62. The maximum Gasteiger partial charge on any atom is 0.334 e. The Morgan fingerprint density at radius 1 is 1.08 bits per heavy atom. The summed E-state index contributed by atoms with van der Waals surface area (Å²) in [7, 11) is 0. The molecular formula is C7H7F5O. The molecule has 0 aliphatic rings. The van der Waals surface area contributed by atoms with E-state index in [0.29, 0.717) is 0 Å². The van der Waals surface area contributed by atoms with Crippen molar-refractivity contribution in [1.82, 2.24) is 0 Å². The molecule has 0 fully saturated rings. The van der Waals surface area contributed by atoms with Crippen molar-refractivity contribution < 1.29 is 26.7 Å². The van der Waals surface area contributed by atoms with Gasteiger partial charge in [0.05, 0.1) is 6.26 Å². The third-order valence-corrected chi connectivity index (χ3v) is 0.554. The highest BCUT2D eigenvalue weighted by Gasteiger charge is 1.98. The van der Waals surface area contributed by atoms with Crippen molar-refractivity contribution in [3.05, 3.63) is 37.7 Å². The highest BCUT2D eigenvalue weighted by molar-refractivity contribution is 4.77. The average molecular weight is 202 g/mol. The summed E-state index contributed by atoms with van der Waals surface area (Å²) in [6.07, 6.45) is -5.14. The van der Waals surface area contributed by atoms with Crippen LogP contribution in [0.3, 0.4) is 0 Å². The summed E-state index contributed by atoms with van der Waals surface area (Å²) in [5.41, 5.74) is 0. The fourth-order valence-corrected chi connectivity index (χ4v) is 0.147. The summed E-state index contributed by atoms with van der Waals surface area (Å²) >= 11 is 0. The quantitative estimate of drug-likeness (QED) is 0.386. The second-order valence-corrected chi connectivity index (χ2v) is 1.41. The van der Waals surface area contributed by atoms with Crippen molar-refractivity contribution in [1.29, 1.82) is 0 Å². The zero-order valence-electron chi connectivity index (χ0n) is 6.44. The highest BCUT2D eigenvalue weighted by Crippen LogP contribution is 2.08. The largest absolute Gasteiger partial charge is 0.465 e. The molecule has 0 saturated carbocycles. The van der Waals surface area contributed by atoms with Gasteiger partial charge in [-0.25, -0.2) is 0 Å². The summed E-state index contributed by atoms with van der Waals surface area (Å²) in [6, 6.07) is 0. The summed E-state index contributed by atoms with van der Waals surface area (Å²) in [5, 5.41) is 0. The lowest BCUT2D eigenvalue weighted by atomic mass is 10.7. The molecule has 6 heteroatoms. The lowest BCUT2D eigenvalue weighted by Crippen LogP contribution is -1.93. The Labute approximate surface area is 71.8 Å². The van der Waals surface area contributed by atoms with Crippen LogP contribution in [0.25, 0.3) is 0 Å². The second-order valence-electron chi connectivity index (χ2n) is 1.41. The van der Waals surface area contributed by atoms with Crippen LogP contribution in [0.1, 0.15) is 0 Å². The van der Waals surface area contributed by atoms with Gasteiger partial charge in [0.25, 0.3) is 6.36 Å². The first-order chi connectivity index (χ1) is 5.95. The maximum absolute atomic E-state index is 11.7. The molecule has 0 aliphatic heterocycles. The zero-order chi connectivity index (χ0) is 10.9. The number of hydrogen-bond donors (Lipinski definition) is 0. The van der Waals surface area contributed by atoms with Crippen molar-refractivity contribution in [2.45, 2.75) is 6.36 Å². The van der Waals surface area contributed by atoms with E-state index in [-0.39, 0.29) is 0 Å². The molecular weight excluding hydrogens is 195 g/mol. The Morgan fingerprint density at radius 3 is 1.54 bits per heavy atom. The minimum absolute atomic E-state index is 1.03. The molecule has 0 spiro atoms. The number of hydrogen-bond acceptors (Lipinski definition) is 1. The number of rotatable bonds is 3. The van der Waals surface area contributed by atoms with Crippen molar-refractivity contribution >= 4 is 0 Å².